The van der Waals surface area contributed by atoms with E-state index in [0.717, 1.165) is 19.6 Å². The van der Waals surface area contributed by atoms with Gasteiger partial charge in [-0.2, -0.15) is 5.26 Å². The summed E-state index contributed by atoms with van der Waals surface area (Å²) in [5.74, 6) is -3.11. The Labute approximate surface area is 204 Å². The summed E-state index contributed by atoms with van der Waals surface area (Å²) in [6.07, 6.45) is 1.36. The van der Waals surface area contributed by atoms with Crippen molar-refractivity contribution in [3.05, 3.63) is 75.8 Å². The quantitative estimate of drug-likeness (QED) is 0.327. The lowest BCUT2D eigenvalue weighted by Crippen LogP contribution is -2.55. The molecule has 4 rings (SSSR count). The van der Waals surface area contributed by atoms with E-state index in [1.54, 1.807) is 36.1 Å². The predicted octanol–water partition coefficient (Wildman–Crippen LogP) is 2.92. The standard InChI is InChI=1S/C26H28N4O5/c1-2-35-24(31)22(16-27)26(18-29(33)34)21-10-6-7-11-23(21)30(25(26)32)20-12-14-28(15-13-20)17-19-8-4-3-5-9-19/h3-11,20,22H,2,12-15,17-18H2,1H3. The lowest BCUT2D eigenvalue weighted by molar-refractivity contribution is -0.488. The molecule has 1 fully saturated rings. The fourth-order valence-corrected chi connectivity index (χ4v) is 5.36. The number of fused-ring (bicyclic) bond motifs is 1. The van der Waals surface area contributed by atoms with Crippen molar-refractivity contribution in [1.29, 1.82) is 5.26 Å². The molecule has 9 heteroatoms. The van der Waals surface area contributed by atoms with Gasteiger partial charge >= 0.3 is 5.97 Å². The van der Waals surface area contributed by atoms with E-state index in [1.165, 1.54) is 5.56 Å². The maximum Gasteiger partial charge on any atom is 0.325 e. The Hall–Kier alpha value is -3.77. The average Bonchev–Trinajstić information content (AvgIpc) is 3.09. The van der Waals surface area contributed by atoms with E-state index in [2.05, 4.69) is 17.0 Å². The topological polar surface area (TPSA) is 117 Å². The lowest BCUT2D eigenvalue weighted by Gasteiger charge is -2.38. The van der Waals surface area contributed by atoms with Crippen LogP contribution in [0.3, 0.4) is 0 Å². The Morgan fingerprint density at radius 1 is 1.20 bits per heavy atom. The number of rotatable bonds is 8. The number of hydrogen-bond acceptors (Lipinski definition) is 7. The molecule has 2 aliphatic heterocycles. The Balaban J connectivity index is 1.65. The summed E-state index contributed by atoms with van der Waals surface area (Å²) < 4.78 is 5.07. The molecule has 2 atom stereocenters. The summed E-state index contributed by atoms with van der Waals surface area (Å²) in [6, 6.07) is 18.6. The number of carbonyl (C=O) groups excluding carboxylic acids is 2. The first kappa shape index (κ1) is 24.4. The molecule has 35 heavy (non-hydrogen) atoms. The number of hydrogen-bond donors (Lipinski definition) is 0. The number of esters is 1. The third-order valence-corrected chi connectivity index (χ3v) is 6.94. The molecular weight excluding hydrogens is 448 g/mol. The van der Waals surface area contributed by atoms with Crippen molar-refractivity contribution in [2.24, 2.45) is 5.92 Å². The lowest BCUT2D eigenvalue weighted by atomic mass is 9.71. The second-order valence-electron chi connectivity index (χ2n) is 8.96. The average molecular weight is 477 g/mol. The smallest absolute Gasteiger partial charge is 0.325 e. The number of ether oxygens (including phenoxy) is 1. The van der Waals surface area contributed by atoms with Gasteiger partial charge in [-0.05, 0) is 37.0 Å². The zero-order chi connectivity index (χ0) is 25.0. The van der Waals surface area contributed by atoms with E-state index in [1.807, 2.05) is 24.3 Å². The van der Waals surface area contributed by atoms with E-state index in [0.29, 0.717) is 24.1 Å². The van der Waals surface area contributed by atoms with Crippen LogP contribution in [0.5, 0.6) is 0 Å². The molecule has 2 heterocycles. The van der Waals surface area contributed by atoms with Gasteiger partial charge in [0.15, 0.2) is 11.3 Å². The molecule has 0 radical (unpaired) electrons. The van der Waals surface area contributed by atoms with Crippen molar-refractivity contribution in [3.8, 4) is 6.07 Å². The van der Waals surface area contributed by atoms with Gasteiger partial charge in [0.2, 0.25) is 12.5 Å². The van der Waals surface area contributed by atoms with Crippen molar-refractivity contribution >= 4 is 17.6 Å². The summed E-state index contributed by atoms with van der Waals surface area (Å²) in [5.41, 5.74) is 0.158. The van der Waals surface area contributed by atoms with Crippen LogP contribution in [0.4, 0.5) is 5.69 Å². The highest BCUT2D eigenvalue weighted by atomic mass is 16.6. The van der Waals surface area contributed by atoms with Crippen LogP contribution in [0.2, 0.25) is 0 Å². The second kappa shape index (κ2) is 10.2. The number of amides is 1. The highest BCUT2D eigenvalue weighted by molar-refractivity contribution is 6.11. The van der Waals surface area contributed by atoms with Gasteiger partial charge in [-0.1, -0.05) is 48.5 Å². The minimum absolute atomic E-state index is 0.00494. The third-order valence-electron chi connectivity index (χ3n) is 6.94. The number of anilines is 1. The fourth-order valence-electron chi connectivity index (χ4n) is 5.36. The first-order valence-corrected chi connectivity index (χ1v) is 11.8. The highest BCUT2D eigenvalue weighted by Gasteiger charge is 2.63. The largest absolute Gasteiger partial charge is 0.465 e. The van der Waals surface area contributed by atoms with Gasteiger partial charge in [0.1, 0.15) is 0 Å². The van der Waals surface area contributed by atoms with Crippen LogP contribution in [-0.2, 0) is 26.3 Å². The van der Waals surface area contributed by atoms with Gasteiger partial charge in [0.05, 0.1) is 12.7 Å². The number of nitrogens with zero attached hydrogens (tertiary/aromatic N) is 4. The molecule has 0 aliphatic carbocycles. The molecule has 0 spiro atoms. The van der Waals surface area contributed by atoms with Crippen LogP contribution < -0.4 is 4.90 Å². The van der Waals surface area contributed by atoms with Gasteiger partial charge in [-0.25, -0.2) is 0 Å². The molecule has 2 aromatic carbocycles. The maximum absolute atomic E-state index is 14.0. The number of likely N-dealkylation sites (tertiary alicyclic amines) is 1. The highest BCUT2D eigenvalue weighted by Crippen LogP contribution is 2.48. The molecule has 2 aliphatic rings. The van der Waals surface area contributed by atoms with Crippen LogP contribution in [0.25, 0.3) is 0 Å². The normalized spacial score (nSPS) is 21.3. The van der Waals surface area contributed by atoms with Gasteiger partial charge < -0.3 is 9.64 Å². The second-order valence-corrected chi connectivity index (χ2v) is 8.96. The summed E-state index contributed by atoms with van der Waals surface area (Å²) in [6.45, 7) is 3.06. The summed E-state index contributed by atoms with van der Waals surface area (Å²) in [5, 5.41) is 21.7. The van der Waals surface area contributed by atoms with Crippen molar-refractivity contribution in [2.45, 2.75) is 37.8 Å². The molecule has 1 amide bonds. The van der Waals surface area contributed by atoms with E-state index in [4.69, 9.17) is 4.74 Å². The molecule has 0 N–H and O–H groups in total. The van der Waals surface area contributed by atoms with Crippen LogP contribution >= 0.6 is 0 Å². The zero-order valence-corrected chi connectivity index (χ0v) is 19.6. The molecule has 182 valence electrons. The number of nitriles is 1. The predicted molar refractivity (Wildman–Crippen MR) is 128 cm³/mol. The summed E-state index contributed by atoms with van der Waals surface area (Å²) in [7, 11) is 0. The van der Waals surface area contributed by atoms with Crippen LogP contribution in [0.15, 0.2) is 54.6 Å². The van der Waals surface area contributed by atoms with E-state index >= 15 is 0 Å². The molecule has 1 saturated heterocycles. The van der Waals surface area contributed by atoms with Crippen molar-refractivity contribution in [2.75, 3.05) is 31.1 Å². The van der Waals surface area contributed by atoms with E-state index < -0.39 is 34.7 Å². The molecule has 2 aromatic rings. The van der Waals surface area contributed by atoms with Crippen molar-refractivity contribution in [1.82, 2.24) is 4.90 Å². The Morgan fingerprint density at radius 2 is 1.86 bits per heavy atom. The van der Waals surface area contributed by atoms with E-state index in [-0.39, 0.29) is 12.6 Å². The molecule has 0 saturated carbocycles. The number of benzene rings is 2. The fraction of sp³-hybridized carbons (Fsp3) is 0.423. The SMILES string of the molecule is CCOC(=O)C(C#N)C1(C[N+](=O)[O-])C(=O)N(C2CCN(Cc3ccccc3)CC2)c2ccccc21. The molecule has 0 aromatic heterocycles. The number of carbonyl (C=O) groups is 2. The molecule has 9 nitrogen and oxygen atoms in total. The Bertz CT molecular complexity index is 1140. The van der Waals surface area contributed by atoms with Gasteiger partial charge in [-0.3, -0.25) is 24.6 Å². The Kier molecular flexibility index (Phi) is 7.12. The van der Waals surface area contributed by atoms with Gasteiger partial charge in [0.25, 0.3) is 0 Å². The minimum Gasteiger partial charge on any atom is -0.465 e. The first-order chi connectivity index (χ1) is 16.9. The molecule has 0 bridgehead atoms. The van der Waals surface area contributed by atoms with E-state index in [9.17, 15) is 25.0 Å². The van der Waals surface area contributed by atoms with Crippen molar-refractivity contribution < 1.29 is 19.2 Å². The van der Waals surface area contributed by atoms with Gasteiger partial charge in [-0.15, -0.1) is 0 Å². The monoisotopic (exact) mass is 476 g/mol. The zero-order valence-electron chi connectivity index (χ0n) is 19.6. The molecule has 2 unspecified atom stereocenters. The van der Waals surface area contributed by atoms with Gasteiger partial charge in [0, 0.05) is 36.3 Å². The maximum atomic E-state index is 14.0. The van der Waals surface area contributed by atoms with Crippen molar-refractivity contribution in [3.63, 3.8) is 0 Å². The summed E-state index contributed by atoms with van der Waals surface area (Å²) >= 11 is 0. The number of nitro groups is 1. The minimum atomic E-state index is -1.93. The summed E-state index contributed by atoms with van der Waals surface area (Å²) in [4.78, 5) is 41.9. The Morgan fingerprint density at radius 3 is 2.49 bits per heavy atom. The third kappa shape index (κ3) is 4.49. The molecular formula is C26H28N4O5. The van der Waals surface area contributed by atoms with Crippen LogP contribution in [0.1, 0.15) is 30.9 Å². The number of piperidine rings is 1. The van der Waals surface area contributed by atoms with Crippen LogP contribution in [-0.4, -0.2) is 54.0 Å². The van der Waals surface area contributed by atoms with Crippen LogP contribution in [0, 0.1) is 27.4 Å². The number of para-hydroxylation sites is 1. The first-order valence-electron chi connectivity index (χ1n) is 11.8.